The number of hydrogen-bond acceptors (Lipinski definition) is 15. The third-order valence-electron chi connectivity index (χ3n) is 17.3. The summed E-state index contributed by atoms with van der Waals surface area (Å²) in [5, 5.41) is 39.6. The molecule has 3 fully saturated rings. The molecule has 6 N–H and O–H groups in total. The van der Waals surface area contributed by atoms with Gasteiger partial charge in [-0.2, -0.15) is 15.3 Å². The molecule has 21 nitrogen and oxygen atoms in total. The predicted molar refractivity (Wildman–Crippen MR) is 340 cm³/mol. The first-order valence-corrected chi connectivity index (χ1v) is 29.6. The Morgan fingerprint density at radius 3 is 1.17 bits per heavy atom. The van der Waals surface area contributed by atoms with Gasteiger partial charge in [0.2, 0.25) is 0 Å². The number of amides is 3. The number of fused-ring (bicyclic) bond motifs is 6. The van der Waals surface area contributed by atoms with Gasteiger partial charge in [0.25, 0.3) is 17.7 Å². The molecule has 444 valence electrons. The number of nitrogens with one attached hydrogen (secondary N) is 6. The van der Waals surface area contributed by atoms with Crippen LogP contribution in [0.1, 0.15) is 96.7 Å². The lowest BCUT2D eigenvalue weighted by molar-refractivity contribution is -0.000965. The van der Waals surface area contributed by atoms with E-state index in [2.05, 4.69) is 83.4 Å². The Kier molecular flexibility index (Phi) is 15.3. The third-order valence-corrected chi connectivity index (χ3v) is 17.3. The van der Waals surface area contributed by atoms with Crippen molar-refractivity contribution in [3.63, 3.8) is 0 Å². The van der Waals surface area contributed by atoms with Crippen molar-refractivity contribution in [3.8, 4) is 0 Å². The summed E-state index contributed by atoms with van der Waals surface area (Å²) in [6.07, 6.45) is 17.6. The lowest BCUT2D eigenvalue weighted by Crippen LogP contribution is -2.52. The Bertz CT molecular complexity index is 4580. The number of H-pyrrole nitrogens is 3. The van der Waals surface area contributed by atoms with Crippen LogP contribution in [-0.2, 0) is 0 Å². The van der Waals surface area contributed by atoms with Gasteiger partial charge in [-0.1, -0.05) is 19.8 Å². The molecule has 15 rings (SSSR count). The van der Waals surface area contributed by atoms with Gasteiger partial charge in [0, 0.05) is 123 Å². The number of pyridine rings is 6. The van der Waals surface area contributed by atoms with Crippen LogP contribution in [0.15, 0.2) is 146 Å². The molecule has 3 amide bonds. The predicted octanol–water partition coefficient (Wildman–Crippen LogP) is 12.6. The molecule has 22 heteroatoms. The van der Waals surface area contributed by atoms with Crippen molar-refractivity contribution in [1.29, 1.82) is 0 Å². The Hall–Kier alpha value is -10.5. The topological polar surface area (TPSA) is 260 Å². The molecule has 88 heavy (non-hydrogen) atoms. The summed E-state index contributed by atoms with van der Waals surface area (Å²) >= 11 is 0. The number of halogens is 1. The zero-order valence-electron chi connectivity index (χ0n) is 49.3. The zero-order chi connectivity index (χ0) is 60.6. The number of nitrogens with zero attached hydrogens (tertiary/aromatic N) is 12. The monoisotopic (exact) mass is 1180 g/mol. The number of aromatic amines is 3. The van der Waals surface area contributed by atoms with E-state index < -0.39 is 5.67 Å². The van der Waals surface area contributed by atoms with Gasteiger partial charge < -0.3 is 30.7 Å². The molecule has 3 aliphatic carbocycles. The molecular formula is C66H65FN18O3. The summed E-state index contributed by atoms with van der Waals surface area (Å²) in [4.78, 5) is 70.2. The van der Waals surface area contributed by atoms with Crippen LogP contribution in [0.4, 0.5) is 38.9 Å². The molecule has 0 spiro atoms. The molecule has 0 saturated heterocycles. The quantitative estimate of drug-likeness (QED) is 0.0664. The SMILES string of the molecule is CC1CC(N(C)C(=O)c2nccc3cc(Nc4[nH]nc5ncccc45)ccc23)C1.CN(C(=O)c1nccc2cc(Nc3[nH]nc4ncccc34)ccc12)C1CC(C)(F)C1.CN(C(=O)c1nccc2cc(Nc3[nH]nc4ncccc34)ccc12)C1CCCC1. The molecule has 0 atom stereocenters. The van der Waals surface area contributed by atoms with Crippen molar-refractivity contribution >= 4 is 118 Å². The number of carbonyl (C=O) groups excluding carboxylic acids is 3. The van der Waals surface area contributed by atoms with E-state index in [1.165, 1.54) is 12.8 Å². The summed E-state index contributed by atoms with van der Waals surface area (Å²) in [6, 6.07) is 35.3. The minimum atomic E-state index is -1.18. The largest absolute Gasteiger partial charge is 0.340 e. The van der Waals surface area contributed by atoms with Gasteiger partial charge in [-0.05, 0) is 164 Å². The Balaban J connectivity index is 0.000000122. The molecule has 3 aliphatic rings. The molecule has 0 unspecified atom stereocenters. The summed E-state index contributed by atoms with van der Waals surface area (Å²) in [5.41, 5.74) is 4.85. The highest BCUT2D eigenvalue weighted by Crippen LogP contribution is 2.40. The number of carbonyl (C=O) groups is 3. The minimum absolute atomic E-state index is 0.00570. The van der Waals surface area contributed by atoms with Crippen LogP contribution in [0.5, 0.6) is 0 Å². The smallest absolute Gasteiger partial charge is 0.273 e. The maximum Gasteiger partial charge on any atom is 0.273 e. The van der Waals surface area contributed by atoms with Crippen LogP contribution in [0.3, 0.4) is 0 Å². The highest BCUT2D eigenvalue weighted by atomic mass is 19.1. The number of anilines is 6. The molecule has 12 aromatic rings. The van der Waals surface area contributed by atoms with Crippen LogP contribution in [0.2, 0.25) is 0 Å². The van der Waals surface area contributed by atoms with Crippen LogP contribution in [0.25, 0.3) is 65.4 Å². The minimum Gasteiger partial charge on any atom is -0.340 e. The maximum atomic E-state index is 13.9. The second-order valence-electron chi connectivity index (χ2n) is 23.5. The molecule has 9 heterocycles. The molecule has 3 aromatic carbocycles. The first-order valence-electron chi connectivity index (χ1n) is 29.6. The fourth-order valence-corrected chi connectivity index (χ4v) is 12.2. The second kappa shape index (κ2) is 23.7. The van der Waals surface area contributed by atoms with E-state index in [4.69, 9.17) is 0 Å². The lowest BCUT2D eigenvalue weighted by Gasteiger charge is -2.43. The fourth-order valence-electron chi connectivity index (χ4n) is 12.2. The number of aromatic nitrogens is 12. The maximum absolute atomic E-state index is 13.9. The van der Waals surface area contributed by atoms with Crippen molar-refractivity contribution in [2.24, 2.45) is 5.92 Å². The van der Waals surface area contributed by atoms with E-state index in [1.807, 2.05) is 133 Å². The van der Waals surface area contributed by atoms with Crippen molar-refractivity contribution in [2.75, 3.05) is 37.1 Å². The van der Waals surface area contributed by atoms with E-state index in [0.717, 1.165) is 109 Å². The van der Waals surface area contributed by atoms with Gasteiger partial charge in [0.05, 0.1) is 16.2 Å². The number of benzene rings is 3. The van der Waals surface area contributed by atoms with E-state index in [1.54, 1.807) is 56.1 Å². The van der Waals surface area contributed by atoms with Gasteiger partial charge in [0.15, 0.2) is 16.9 Å². The van der Waals surface area contributed by atoms with Crippen LogP contribution < -0.4 is 16.0 Å². The summed E-state index contributed by atoms with van der Waals surface area (Å²) in [5.74, 6) is 2.82. The summed E-state index contributed by atoms with van der Waals surface area (Å²) in [6.45, 7) is 3.80. The highest BCUT2D eigenvalue weighted by Gasteiger charge is 2.44. The van der Waals surface area contributed by atoms with Crippen LogP contribution >= 0.6 is 0 Å². The van der Waals surface area contributed by atoms with Crippen molar-refractivity contribution in [2.45, 2.75) is 89.0 Å². The molecule has 0 aliphatic heterocycles. The normalized spacial score (nSPS) is 18.0. The number of hydrogen-bond donors (Lipinski definition) is 6. The molecule has 0 radical (unpaired) electrons. The molecule has 3 saturated carbocycles. The first kappa shape index (κ1) is 56.6. The summed E-state index contributed by atoms with van der Waals surface area (Å²) < 4.78 is 13.9. The molecular weight excluding hydrogens is 1110 g/mol. The number of alkyl halides is 1. The lowest BCUT2D eigenvalue weighted by atomic mass is 9.78. The van der Waals surface area contributed by atoms with Gasteiger partial charge in [-0.15, -0.1) is 0 Å². The standard InChI is InChI=1S/C22H21FN6O.2C22H22N6O/c1-22(23)11-15(12-22)29(2)21(30)18-16-6-5-14(10-13(16)7-9-24-18)26-20-17-4-3-8-25-19(17)27-28-20;1-13-10-16(11-13)28(2)22(29)19-17-6-5-15(12-14(17)7-9-23-19)25-21-18-4-3-8-24-20(18)26-27-21;1-28(16-5-2-3-6-16)22(29)19-17-9-8-15(13-14(17)10-12-23-19)25-21-18-7-4-11-24-20(18)26-27-21/h3-10,15H,11-12H2,1-2H3,(H2,25,26,27,28);3-9,12-13,16H,10-11H2,1-2H3,(H2,24,25,26,27);4,7-13,16H,2-3,5-6H2,1H3,(H2,24,25,26,27). The Morgan fingerprint density at radius 2 is 0.818 bits per heavy atom. The van der Waals surface area contributed by atoms with Crippen molar-refractivity contribution < 1.29 is 18.8 Å². The van der Waals surface area contributed by atoms with Crippen LogP contribution in [0, 0.1) is 5.92 Å². The zero-order valence-corrected chi connectivity index (χ0v) is 49.3. The molecule has 9 aromatic heterocycles. The van der Waals surface area contributed by atoms with Gasteiger partial charge in [0.1, 0.15) is 40.2 Å². The van der Waals surface area contributed by atoms with Gasteiger partial charge in [-0.3, -0.25) is 44.6 Å². The second-order valence-corrected chi connectivity index (χ2v) is 23.5. The third kappa shape index (κ3) is 11.4. The molecule has 0 bridgehead atoms. The highest BCUT2D eigenvalue weighted by molar-refractivity contribution is 6.08. The van der Waals surface area contributed by atoms with E-state index >= 15 is 0 Å². The Morgan fingerprint density at radius 1 is 0.466 bits per heavy atom. The van der Waals surface area contributed by atoms with Crippen molar-refractivity contribution in [1.82, 2.24) is 75.2 Å². The van der Waals surface area contributed by atoms with E-state index in [-0.39, 0.29) is 23.8 Å². The fraction of sp³-hybridized carbons (Fsp3) is 0.273. The summed E-state index contributed by atoms with van der Waals surface area (Å²) in [7, 11) is 5.49. The average Bonchev–Trinajstić information content (AvgIpc) is 2.29. The van der Waals surface area contributed by atoms with E-state index in [0.29, 0.717) is 64.9 Å². The van der Waals surface area contributed by atoms with E-state index in [9.17, 15) is 18.8 Å². The van der Waals surface area contributed by atoms with Gasteiger partial charge in [-0.25, -0.2) is 19.3 Å². The average molecular weight is 1180 g/mol. The van der Waals surface area contributed by atoms with Crippen LogP contribution in [-0.4, -0.2) is 138 Å². The number of rotatable bonds is 12. The van der Waals surface area contributed by atoms with Crippen molar-refractivity contribution in [3.05, 3.63) is 163 Å². The first-order chi connectivity index (χ1) is 42.7. The Labute approximate surface area is 505 Å². The van der Waals surface area contributed by atoms with Gasteiger partial charge >= 0.3 is 0 Å².